The van der Waals surface area contributed by atoms with Crippen molar-refractivity contribution in [1.29, 1.82) is 0 Å². The molecule has 0 spiro atoms. The van der Waals surface area contributed by atoms with Crippen molar-refractivity contribution in [2.75, 3.05) is 20.6 Å². The molecule has 0 aliphatic rings. The van der Waals surface area contributed by atoms with E-state index in [9.17, 15) is 9.59 Å². The van der Waals surface area contributed by atoms with Crippen LogP contribution in [0.1, 0.15) is 12.5 Å². The van der Waals surface area contributed by atoms with Crippen LogP contribution in [0.4, 0.5) is 4.79 Å². The minimum atomic E-state index is -0.910. The number of urea groups is 1. The summed E-state index contributed by atoms with van der Waals surface area (Å²) in [5, 5.41) is 15.3. The molecule has 0 bridgehead atoms. The van der Waals surface area contributed by atoms with Gasteiger partial charge < -0.3 is 14.9 Å². The summed E-state index contributed by atoms with van der Waals surface area (Å²) in [7, 11) is 3.25. The van der Waals surface area contributed by atoms with E-state index in [1.165, 1.54) is 9.80 Å². The summed E-state index contributed by atoms with van der Waals surface area (Å²) >= 11 is 0. The first-order chi connectivity index (χ1) is 8.41. The number of nitrogens with zero attached hydrogens (tertiary/aromatic N) is 3. The van der Waals surface area contributed by atoms with Crippen molar-refractivity contribution >= 4 is 12.0 Å². The highest BCUT2D eigenvalue weighted by Crippen LogP contribution is 2.05. The second-order valence-electron chi connectivity index (χ2n) is 4.36. The molecule has 2 amide bonds. The predicted octanol–water partition coefficient (Wildman–Crippen LogP) is 0.614. The number of hydrogen-bond donors (Lipinski definition) is 2. The van der Waals surface area contributed by atoms with Gasteiger partial charge in [-0.25, -0.2) is 4.79 Å². The van der Waals surface area contributed by atoms with Crippen LogP contribution in [0, 0.1) is 5.92 Å². The lowest BCUT2D eigenvalue weighted by Crippen LogP contribution is -2.41. The number of rotatable bonds is 5. The van der Waals surface area contributed by atoms with E-state index in [0.717, 1.165) is 5.56 Å². The number of aromatic nitrogens is 2. The van der Waals surface area contributed by atoms with E-state index >= 15 is 0 Å². The van der Waals surface area contributed by atoms with Gasteiger partial charge in [0.1, 0.15) is 0 Å². The van der Waals surface area contributed by atoms with Gasteiger partial charge in [-0.15, -0.1) is 0 Å². The van der Waals surface area contributed by atoms with Crippen LogP contribution in [0.3, 0.4) is 0 Å². The second kappa shape index (κ2) is 6.04. The Morgan fingerprint density at radius 3 is 2.61 bits per heavy atom. The van der Waals surface area contributed by atoms with Crippen LogP contribution in [-0.2, 0) is 11.3 Å². The van der Waals surface area contributed by atoms with Gasteiger partial charge in [0.2, 0.25) is 0 Å². The van der Waals surface area contributed by atoms with E-state index in [1.807, 2.05) is 0 Å². The van der Waals surface area contributed by atoms with Crippen LogP contribution in [0.25, 0.3) is 0 Å². The number of carbonyl (C=O) groups is 2. The second-order valence-corrected chi connectivity index (χ2v) is 4.36. The molecule has 0 aliphatic carbocycles. The third-order valence-electron chi connectivity index (χ3n) is 2.60. The van der Waals surface area contributed by atoms with Crippen LogP contribution in [0.2, 0.25) is 0 Å². The highest BCUT2D eigenvalue weighted by Gasteiger charge is 2.20. The van der Waals surface area contributed by atoms with Crippen LogP contribution in [0.5, 0.6) is 0 Å². The van der Waals surface area contributed by atoms with Gasteiger partial charge in [-0.3, -0.25) is 9.89 Å². The molecule has 0 radical (unpaired) electrons. The monoisotopic (exact) mass is 254 g/mol. The number of H-pyrrole nitrogens is 1. The first kappa shape index (κ1) is 14.0. The summed E-state index contributed by atoms with van der Waals surface area (Å²) in [4.78, 5) is 25.6. The zero-order valence-corrected chi connectivity index (χ0v) is 10.8. The number of carboxylic acids is 1. The van der Waals surface area contributed by atoms with E-state index in [4.69, 9.17) is 5.11 Å². The summed E-state index contributed by atoms with van der Waals surface area (Å²) in [5.74, 6) is -1.49. The third-order valence-corrected chi connectivity index (χ3v) is 2.60. The molecule has 1 atom stereocenters. The van der Waals surface area contributed by atoms with Crippen molar-refractivity contribution in [2.24, 2.45) is 5.92 Å². The molecule has 0 fully saturated rings. The van der Waals surface area contributed by atoms with Crippen LogP contribution in [-0.4, -0.2) is 57.7 Å². The molecule has 0 saturated heterocycles. The molecular formula is C11H18N4O3. The van der Waals surface area contributed by atoms with E-state index in [1.54, 1.807) is 33.4 Å². The number of carboxylic acid groups (broad SMARTS) is 1. The fourth-order valence-corrected chi connectivity index (χ4v) is 1.56. The minimum absolute atomic E-state index is 0.184. The largest absolute Gasteiger partial charge is 0.481 e. The molecule has 7 heteroatoms. The number of aliphatic carboxylic acids is 1. The smallest absolute Gasteiger partial charge is 0.319 e. The molecule has 2 N–H and O–H groups in total. The van der Waals surface area contributed by atoms with Crippen LogP contribution in [0.15, 0.2) is 12.4 Å². The Balaban J connectivity index is 2.50. The molecule has 100 valence electrons. The standard InChI is InChI=1S/C11H18N4O3/c1-8(10(16)17)6-14(2)11(18)15(3)7-9-4-12-13-5-9/h4-5,8H,6-7H2,1-3H3,(H,12,13)(H,16,17). The average Bonchev–Trinajstić information content (AvgIpc) is 2.80. The molecule has 1 heterocycles. The fraction of sp³-hybridized carbons (Fsp3) is 0.545. The van der Waals surface area contributed by atoms with Crippen molar-refractivity contribution in [3.8, 4) is 0 Å². The topological polar surface area (TPSA) is 89.5 Å². The molecule has 0 aromatic carbocycles. The van der Waals surface area contributed by atoms with E-state index in [2.05, 4.69) is 10.2 Å². The van der Waals surface area contributed by atoms with Crippen molar-refractivity contribution in [2.45, 2.75) is 13.5 Å². The Bertz CT molecular complexity index is 404. The SMILES string of the molecule is CC(CN(C)C(=O)N(C)Cc1cn[nH]c1)C(=O)O. The van der Waals surface area contributed by atoms with Gasteiger partial charge in [0.05, 0.1) is 18.7 Å². The molecule has 0 aliphatic heterocycles. The zero-order chi connectivity index (χ0) is 13.7. The Morgan fingerprint density at radius 1 is 1.44 bits per heavy atom. The summed E-state index contributed by atoms with van der Waals surface area (Å²) in [6.07, 6.45) is 3.35. The summed E-state index contributed by atoms with van der Waals surface area (Å²) in [6.45, 7) is 2.19. The molecular weight excluding hydrogens is 236 g/mol. The maximum Gasteiger partial charge on any atom is 0.319 e. The van der Waals surface area contributed by atoms with Crippen molar-refractivity contribution < 1.29 is 14.7 Å². The lowest BCUT2D eigenvalue weighted by molar-refractivity contribution is -0.141. The predicted molar refractivity (Wildman–Crippen MR) is 64.9 cm³/mol. The van der Waals surface area contributed by atoms with E-state index < -0.39 is 11.9 Å². The van der Waals surface area contributed by atoms with Gasteiger partial charge in [-0.1, -0.05) is 6.92 Å². The Morgan fingerprint density at radius 2 is 2.11 bits per heavy atom. The van der Waals surface area contributed by atoms with Gasteiger partial charge in [0.25, 0.3) is 0 Å². The maximum atomic E-state index is 12.0. The highest BCUT2D eigenvalue weighted by atomic mass is 16.4. The molecule has 1 unspecified atom stereocenters. The van der Waals surface area contributed by atoms with E-state index in [0.29, 0.717) is 6.54 Å². The number of carbonyl (C=O) groups excluding carboxylic acids is 1. The summed E-state index contributed by atoms with van der Waals surface area (Å²) < 4.78 is 0. The molecule has 0 saturated carbocycles. The van der Waals surface area contributed by atoms with Crippen molar-refractivity contribution in [1.82, 2.24) is 20.0 Å². The number of nitrogens with one attached hydrogen (secondary N) is 1. The number of amides is 2. The van der Waals surface area contributed by atoms with Gasteiger partial charge in [-0.2, -0.15) is 5.10 Å². The summed E-state index contributed by atoms with van der Waals surface area (Å²) in [6, 6.07) is -0.218. The van der Waals surface area contributed by atoms with Gasteiger partial charge >= 0.3 is 12.0 Å². The maximum absolute atomic E-state index is 12.0. The zero-order valence-electron chi connectivity index (χ0n) is 10.8. The summed E-state index contributed by atoms with van der Waals surface area (Å²) in [5.41, 5.74) is 0.894. The van der Waals surface area contributed by atoms with E-state index in [-0.39, 0.29) is 12.6 Å². The molecule has 1 aromatic rings. The third kappa shape index (κ3) is 3.76. The molecule has 7 nitrogen and oxygen atoms in total. The van der Waals surface area contributed by atoms with Gasteiger partial charge in [-0.05, 0) is 0 Å². The Hall–Kier alpha value is -2.05. The lowest BCUT2D eigenvalue weighted by Gasteiger charge is -2.25. The Labute approximate surface area is 105 Å². The normalized spacial score (nSPS) is 11.9. The molecule has 1 aromatic heterocycles. The average molecular weight is 254 g/mol. The molecule has 18 heavy (non-hydrogen) atoms. The van der Waals surface area contributed by atoms with Crippen molar-refractivity contribution in [3.63, 3.8) is 0 Å². The van der Waals surface area contributed by atoms with Gasteiger partial charge in [0, 0.05) is 32.4 Å². The first-order valence-corrected chi connectivity index (χ1v) is 5.58. The quantitative estimate of drug-likeness (QED) is 0.805. The van der Waals surface area contributed by atoms with Crippen LogP contribution < -0.4 is 0 Å². The lowest BCUT2D eigenvalue weighted by atomic mass is 10.2. The number of hydrogen-bond acceptors (Lipinski definition) is 3. The Kier molecular flexibility index (Phi) is 4.70. The van der Waals surface area contributed by atoms with Gasteiger partial charge in [0.15, 0.2) is 0 Å². The van der Waals surface area contributed by atoms with Crippen LogP contribution >= 0.6 is 0 Å². The minimum Gasteiger partial charge on any atom is -0.481 e. The fourth-order valence-electron chi connectivity index (χ4n) is 1.56. The highest BCUT2D eigenvalue weighted by molar-refractivity contribution is 5.75. The first-order valence-electron chi connectivity index (χ1n) is 5.58. The van der Waals surface area contributed by atoms with Crippen molar-refractivity contribution in [3.05, 3.63) is 18.0 Å². The number of aromatic amines is 1. The molecule has 1 rings (SSSR count).